The molecule has 0 radical (unpaired) electrons. The number of fused-ring (bicyclic) bond motifs is 1. The van der Waals surface area contributed by atoms with Gasteiger partial charge in [0.2, 0.25) is 5.91 Å². The summed E-state index contributed by atoms with van der Waals surface area (Å²) in [7, 11) is 1.74. The first-order valence-electron chi connectivity index (χ1n) is 11.1. The number of carbonyl (C=O) groups is 1. The second-order valence-electron chi connectivity index (χ2n) is 7.78. The van der Waals surface area contributed by atoms with Crippen LogP contribution in [0.15, 0.2) is 52.4 Å². The van der Waals surface area contributed by atoms with Gasteiger partial charge < -0.3 is 19.4 Å². The van der Waals surface area contributed by atoms with Gasteiger partial charge in [0.15, 0.2) is 16.7 Å². The number of anilines is 1. The van der Waals surface area contributed by atoms with Crippen LogP contribution in [0.25, 0.3) is 0 Å². The van der Waals surface area contributed by atoms with Gasteiger partial charge in [-0.3, -0.25) is 9.59 Å². The Labute approximate surface area is 201 Å². The standard InChI is InChI=1S/C25H26FN3O4S/c1-4-32-19-11-10-15(12-20(19)33-5-2)17-13-21(30)27-23-22(17)24(31)28-25(29(23)3)34-14-16-8-6-7-9-18(16)26/h6-12,17H,4-5,13-14H2,1-3H3,(H,27,30)/t17-/m1/s1. The van der Waals surface area contributed by atoms with Crippen molar-refractivity contribution in [1.29, 1.82) is 0 Å². The predicted octanol–water partition coefficient (Wildman–Crippen LogP) is 4.48. The molecule has 0 aliphatic carbocycles. The number of hydrogen-bond acceptors (Lipinski definition) is 6. The fourth-order valence-electron chi connectivity index (χ4n) is 3.99. The Balaban J connectivity index is 1.72. The lowest BCUT2D eigenvalue weighted by Crippen LogP contribution is -2.33. The van der Waals surface area contributed by atoms with Crippen LogP contribution in [-0.4, -0.2) is 28.7 Å². The van der Waals surface area contributed by atoms with E-state index in [1.165, 1.54) is 17.8 Å². The maximum Gasteiger partial charge on any atom is 0.279 e. The number of nitrogens with one attached hydrogen (secondary N) is 1. The second kappa shape index (κ2) is 10.3. The van der Waals surface area contributed by atoms with Crippen LogP contribution >= 0.6 is 11.8 Å². The summed E-state index contributed by atoms with van der Waals surface area (Å²) in [5.74, 6) is 0.901. The van der Waals surface area contributed by atoms with Crippen molar-refractivity contribution >= 4 is 23.5 Å². The van der Waals surface area contributed by atoms with Crippen LogP contribution in [0, 0.1) is 5.82 Å². The van der Waals surface area contributed by atoms with E-state index in [1.54, 1.807) is 35.9 Å². The molecule has 1 N–H and O–H groups in total. The molecule has 1 atom stereocenters. The van der Waals surface area contributed by atoms with Crippen molar-refractivity contribution in [3.05, 3.63) is 75.3 Å². The van der Waals surface area contributed by atoms with Gasteiger partial charge >= 0.3 is 0 Å². The number of rotatable bonds is 8. The van der Waals surface area contributed by atoms with Crippen LogP contribution in [0.2, 0.25) is 0 Å². The van der Waals surface area contributed by atoms with Gasteiger partial charge in [0.05, 0.1) is 18.8 Å². The fraction of sp³-hybridized carbons (Fsp3) is 0.320. The third-order valence-corrected chi connectivity index (χ3v) is 6.66. The van der Waals surface area contributed by atoms with Gasteiger partial charge in [0, 0.05) is 25.1 Å². The SMILES string of the molecule is CCOc1ccc([C@H]2CC(=O)Nc3c2c(=O)nc(SCc2ccccc2F)n3C)cc1OCC. The zero-order valence-corrected chi connectivity index (χ0v) is 20.1. The Morgan fingerprint density at radius 2 is 1.85 bits per heavy atom. The lowest BCUT2D eigenvalue weighted by Gasteiger charge is -2.28. The quantitative estimate of drug-likeness (QED) is 0.376. The summed E-state index contributed by atoms with van der Waals surface area (Å²) in [5, 5.41) is 3.23. The molecule has 34 heavy (non-hydrogen) atoms. The van der Waals surface area contributed by atoms with Crippen molar-refractivity contribution in [2.45, 2.75) is 37.1 Å². The van der Waals surface area contributed by atoms with Crippen LogP contribution in [0.5, 0.6) is 11.5 Å². The number of amides is 1. The van der Waals surface area contributed by atoms with Crippen molar-refractivity contribution in [2.75, 3.05) is 18.5 Å². The summed E-state index contributed by atoms with van der Waals surface area (Å²) in [6.07, 6.45) is 0.116. The summed E-state index contributed by atoms with van der Waals surface area (Å²) < 4.78 is 27.1. The Bertz CT molecular complexity index is 1280. The van der Waals surface area contributed by atoms with Crippen molar-refractivity contribution < 1.29 is 18.7 Å². The molecular formula is C25H26FN3O4S. The van der Waals surface area contributed by atoms with Crippen LogP contribution in [-0.2, 0) is 17.6 Å². The first kappa shape index (κ1) is 23.8. The number of benzene rings is 2. The van der Waals surface area contributed by atoms with Gasteiger partial charge in [0.1, 0.15) is 11.6 Å². The lowest BCUT2D eigenvalue weighted by molar-refractivity contribution is -0.116. The van der Waals surface area contributed by atoms with E-state index in [2.05, 4.69) is 10.3 Å². The largest absolute Gasteiger partial charge is 0.490 e. The summed E-state index contributed by atoms with van der Waals surface area (Å²) in [4.78, 5) is 30.1. The number of thioether (sulfide) groups is 1. The molecule has 9 heteroatoms. The smallest absolute Gasteiger partial charge is 0.279 e. The Hall–Kier alpha value is -3.33. The number of hydrogen-bond donors (Lipinski definition) is 1. The molecule has 2 heterocycles. The molecule has 0 saturated carbocycles. The monoisotopic (exact) mass is 483 g/mol. The molecule has 0 spiro atoms. The highest BCUT2D eigenvalue weighted by Gasteiger charge is 2.32. The zero-order chi connectivity index (χ0) is 24.2. The van der Waals surface area contributed by atoms with E-state index in [-0.39, 0.29) is 18.1 Å². The van der Waals surface area contributed by atoms with Gasteiger partial charge in [-0.15, -0.1) is 0 Å². The minimum atomic E-state index is -0.476. The van der Waals surface area contributed by atoms with Crippen LogP contribution in [0.3, 0.4) is 0 Å². The van der Waals surface area contributed by atoms with Crippen LogP contribution in [0.4, 0.5) is 10.2 Å². The van der Waals surface area contributed by atoms with Crippen molar-refractivity contribution in [2.24, 2.45) is 7.05 Å². The summed E-state index contributed by atoms with van der Waals surface area (Å²) in [6.45, 7) is 4.72. The molecule has 0 bridgehead atoms. The third-order valence-electron chi connectivity index (χ3n) is 5.59. The number of ether oxygens (including phenoxy) is 2. The summed E-state index contributed by atoms with van der Waals surface area (Å²) in [5.41, 5.74) is 1.29. The minimum absolute atomic E-state index is 0.116. The maximum absolute atomic E-state index is 14.0. The Kier molecular flexibility index (Phi) is 7.21. The second-order valence-corrected chi connectivity index (χ2v) is 8.72. The number of halogens is 1. The molecular weight excluding hydrogens is 457 g/mol. The van der Waals surface area contributed by atoms with E-state index in [9.17, 15) is 14.0 Å². The fourth-order valence-corrected chi connectivity index (χ4v) is 4.94. The van der Waals surface area contributed by atoms with Crippen LogP contribution < -0.4 is 20.3 Å². The topological polar surface area (TPSA) is 82.5 Å². The average Bonchev–Trinajstić information content (AvgIpc) is 2.82. The normalized spacial score (nSPS) is 14.9. The number of nitrogens with zero attached hydrogens (tertiary/aromatic N) is 2. The lowest BCUT2D eigenvalue weighted by atomic mass is 9.86. The zero-order valence-electron chi connectivity index (χ0n) is 19.3. The molecule has 0 unspecified atom stereocenters. The molecule has 0 fully saturated rings. The van der Waals surface area contributed by atoms with E-state index < -0.39 is 11.5 Å². The first-order chi connectivity index (χ1) is 16.4. The van der Waals surface area contributed by atoms with E-state index in [4.69, 9.17) is 9.47 Å². The maximum atomic E-state index is 14.0. The van der Waals surface area contributed by atoms with Gasteiger partial charge in [-0.25, -0.2) is 4.39 Å². The molecule has 178 valence electrons. The molecule has 7 nitrogen and oxygen atoms in total. The van der Waals surface area contributed by atoms with Gasteiger partial charge in [0.25, 0.3) is 5.56 Å². The molecule has 4 rings (SSSR count). The third kappa shape index (κ3) is 4.79. The highest BCUT2D eigenvalue weighted by atomic mass is 32.2. The number of aromatic nitrogens is 2. The Morgan fingerprint density at radius 1 is 1.12 bits per heavy atom. The molecule has 1 aliphatic rings. The minimum Gasteiger partial charge on any atom is -0.490 e. The van der Waals surface area contributed by atoms with E-state index in [0.29, 0.717) is 52.6 Å². The molecule has 1 aliphatic heterocycles. The molecule has 1 amide bonds. The predicted molar refractivity (Wildman–Crippen MR) is 129 cm³/mol. The average molecular weight is 484 g/mol. The van der Waals surface area contributed by atoms with E-state index >= 15 is 0 Å². The van der Waals surface area contributed by atoms with Gasteiger partial charge in [-0.05, 0) is 43.2 Å². The van der Waals surface area contributed by atoms with Crippen molar-refractivity contribution in [3.8, 4) is 11.5 Å². The first-order valence-corrected chi connectivity index (χ1v) is 12.1. The molecule has 2 aromatic carbocycles. The highest BCUT2D eigenvalue weighted by molar-refractivity contribution is 7.98. The van der Waals surface area contributed by atoms with E-state index in [1.807, 2.05) is 26.0 Å². The summed E-state index contributed by atoms with van der Waals surface area (Å²) in [6, 6.07) is 11.9. The van der Waals surface area contributed by atoms with Gasteiger partial charge in [-0.2, -0.15) is 4.98 Å². The molecule has 1 aromatic heterocycles. The number of carbonyl (C=O) groups excluding carboxylic acids is 1. The highest BCUT2D eigenvalue weighted by Crippen LogP contribution is 2.39. The van der Waals surface area contributed by atoms with Crippen LogP contribution in [0.1, 0.15) is 42.9 Å². The van der Waals surface area contributed by atoms with Gasteiger partial charge in [-0.1, -0.05) is 36.0 Å². The van der Waals surface area contributed by atoms with E-state index in [0.717, 1.165) is 5.56 Å². The molecule has 3 aromatic rings. The van der Waals surface area contributed by atoms with Crippen molar-refractivity contribution in [1.82, 2.24) is 9.55 Å². The molecule has 0 saturated heterocycles. The summed E-state index contributed by atoms with van der Waals surface area (Å²) >= 11 is 1.24. The van der Waals surface area contributed by atoms with Crippen molar-refractivity contribution in [3.63, 3.8) is 0 Å². The Morgan fingerprint density at radius 3 is 2.59 bits per heavy atom.